The second-order valence-corrected chi connectivity index (χ2v) is 9.65. The van der Waals surface area contributed by atoms with E-state index in [1.165, 1.54) is 4.70 Å². The molecule has 2 aromatic heterocycles. The Morgan fingerprint density at radius 3 is 2.90 bits per heavy atom. The molecule has 0 saturated carbocycles. The van der Waals surface area contributed by atoms with Crippen molar-refractivity contribution in [1.82, 2.24) is 24.6 Å². The van der Waals surface area contributed by atoms with Gasteiger partial charge in [-0.2, -0.15) is 0 Å². The molecular formula is C22H27N5O2S. The normalized spacial score (nSPS) is 21.0. The average molecular weight is 426 g/mol. The predicted octanol–water partition coefficient (Wildman–Crippen LogP) is 3.17. The van der Waals surface area contributed by atoms with Crippen LogP contribution in [0.25, 0.3) is 10.2 Å². The molecule has 158 valence electrons. The van der Waals surface area contributed by atoms with E-state index in [1.54, 1.807) is 17.7 Å². The van der Waals surface area contributed by atoms with Crippen molar-refractivity contribution >= 4 is 27.5 Å². The zero-order chi connectivity index (χ0) is 20.6. The van der Waals surface area contributed by atoms with E-state index >= 15 is 0 Å². The molecule has 7 nitrogen and oxygen atoms in total. The number of aromatic nitrogens is 4. The molecule has 8 heteroatoms. The number of para-hydroxylation sites is 1. The fraction of sp³-hybridized carbons (Fsp3) is 0.545. The number of nitrogens with zero attached hydrogens (tertiary/aromatic N) is 5. The van der Waals surface area contributed by atoms with Gasteiger partial charge in [0.1, 0.15) is 12.2 Å². The Kier molecular flexibility index (Phi) is 5.28. The second kappa shape index (κ2) is 8.07. The number of aryl methyl sites for hydroxylation is 2. The lowest BCUT2D eigenvalue weighted by atomic mass is 9.72. The summed E-state index contributed by atoms with van der Waals surface area (Å²) in [5, 5.41) is 9.59. The molecule has 2 aliphatic heterocycles. The summed E-state index contributed by atoms with van der Waals surface area (Å²) >= 11 is 1.73. The zero-order valence-corrected chi connectivity index (χ0v) is 18.1. The Morgan fingerprint density at radius 2 is 2.13 bits per heavy atom. The maximum atomic E-state index is 13.1. The van der Waals surface area contributed by atoms with Gasteiger partial charge in [0.15, 0.2) is 0 Å². The van der Waals surface area contributed by atoms with Crippen LogP contribution < -0.4 is 0 Å². The van der Waals surface area contributed by atoms with Gasteiger partial charge >= 0.3 is 0 Å². The SMILES string of the molecule is Cn1cnnc1C1CN(C(=O)CCCc2nc3ccccc3s2)CC12CCOCC2. The van der Waals surface area contributed by atoms with E-state index in [2.05, 4.69) is 21.2 Å². The number of amides is 1. The minimum absolute atomic E-state index is 0.0573. The van der Waals surface area contributed by atoms with E-state index in [4.69, 9.17) is 9.72 Å². The minimum Gasteiger partial charge on any atom is -0.381 e. The van der Waals surface area contributed by atoms with Crippen LogP contribution in [0.15, 0.2) is 30.6 Å². The highest BCUT2D eigenvalue weighted by molar-refractivity contribution is 7.18. The number of ether oxygens (including phenoxy) is 1. The van der Waals surface area contributed by atoms with Gasteiger partial charge in [-0.25, -0.2) is 4.98 Å². The van der Waals surface area contributed by atoms with Crippen LogP contribution in [-0.4, -0.2) is 56.9 Å². The van der Waals surface area contributed by atoms with Crippen molar-refractivity contribution in [3.8, 4) is 0 Å². The molecule has 2 aliphatic rings. The average Bonchev–Trinajstić information content (AvgIpc) is 3.45. The van der Waals surface area contributed by atoms with Crippen molar-refractivity contribution in [3.05, 3.63) is 41.4 Å². The molecule has 0 aliphatic carbocycles. The van der Waals surface area contributed by atoms with Gasteiger partial charge in [0.25, 0.3) is 0 Å². The molecule has 0 N–H and O–H groups in total. The standard InChI is InChI=1S/C22H27N5O2S/c1-26-15-23-25-21(26)16-13-27(14-22(16)9-11-29-12-10-22)20(28)8-4-7-19-24-17-5-2-3-6-18(17)30-19/h2-3,5-6,15-16H,4,7-14H2,1H3. The van der Waals surface area contributed by atoms with Gasteiger partial charge in [-0.1, -0.05) is 12.1 Å². The van der Waals surface area contributed by atoms with E-state index in [1.807, 2.05) is 29.8 Å². The molecule has 4 heterocycles. The number of rotatable bonds is 5. The van der Waals surface area contributed by atoms with Crippen LogP contribution in [0.3, 0.4) is 0 Å². The van der Waals surface area contributed by atoms with Gasteiger partial charge in [-0.15, -0.1) is 21.5 Å². The van der Waals surface area contributed by atoms with Gasteiger partial charge in [0.2, 0.25) is 5.91 Å². The highest BCUT2D eigenvalue weighted by Crippen LogP contribution is 2.49. The lowest BCUT2D eigenvalue weighted by molar-refractivity contribution is -0.131. The number of fused-ring (bicyclic) bond motifs is 1. The third-order valence-electron chi connectivity index (χ3n) is 6.67. The van der Waals surface area contributed by atoms with Crippen molar-refractivity contribution in [2.45, 2.75) is 38.0 Å². The quantitative estimate of drug-likeness (QED) is 0.628. The number of carbonyl (C=O) groups is 1. The number of benzene rings is 1. The van der Waals surface area contributed by atoms with Crippen molar-refractivity contribution in [3.63, 3.8) is 0 Å². The van der Waals surface area contributed by atoms with E-state index in [0.717, 1.165) is 68.3 Å². The van der Waals surface area contributed by atoms with Gasteiger partial charge in [-0.05, 0) is 37.8 Å². The molecule has 1 amide bonds. The summed E-state index contributed by atoms with van der Waals surface area (Å²) in [7, 11) is 1.99. The minimum atomic E-state index is 0.0573. The van der Waals surface area contributed by atoms with Gasteiger partial charge in [0, 0.05) is 51.1 Å². The Bertz CT molecular complexity index is 1010. The van der Waals surface area contributed by atoms with Crippen LogP contribution >= 0.6 is 11.3 Å². The molecule has 3 aromatic rings. The number of likely N-dealkylation sites (tertiary alicyclic amines) is 1. The van der Waals surface area contributed by atoms with Gasteiger partial charge in [0.05, 0.1) is 15.2 Å². The van der Waals surface area contributed by atoms with Crippen LogP contribution in [-0.2, 0) is 23.0 Å². The Hall–Kier alpha value is -2.32. The summed E-state index contributed by atoms with van der Waals surface area (Å²) in [5.74, 6) is 1.45. The lowest BCUT2D eigenvalue weighted by Crippen LogP contribution is -2.37. The molecule has 1 aromatic carbocycles. The second-order valence-electron chi connectivity index (χ2n) is 8.53. The molecule has 30 heavy (non-hydrogen) atoms. The van der Waals surface area contributed by atoms with E-state index in [-0.39, 0.29) is 17.2 Å². The Labute approximate surface area is 180 Å². The summed E-state index contributed by atoms with van der Waals surface area (Å²) in [6.07, 6.45) is 5.95. The lowest BCUT2D eigenvalue weighted by Gasteiger charge is -2.37. The van der Waals surface area contributed by atoms with Crippen molar-refractivity contribution in [1.29, 1.82) is 0 Å². The molecule has 0 radical (unpaired) electrons. The summed E-state index contributed by atoms with van der Waals surface area (Å²) in [4.78, 5) is 19.8. The first-order valence-electron chi connectivity index (χ1n) is 10.7. The predicted molar refractivity (Wildman–Crippen MR) is 115 cm³/mol. The first-order chi connectivity index (χ1) is 14.6. The van der Waals surface area contributed by atoms with Gasteiger partial charge in [-0.3, -0.25) is 4.79 Å². The number of carbonyl (C=O) groups excluding carboxylic acids is 1. The van der Waals surface area contributed by atoms with Crippen molar-refractivity contribution in [2.75, 3.05) is 26.3 Å². The third kappa shape index (κ3) is 3.63. The highest BCUT2D eigenvalue weighted by Gasteiger charge is 2.50. The van der Waals surface area contributed by atoms with Crippen LogP contribution in [0.1, 0.15) is 42.4 Å². The highest BCUT2D eigenvalue weighted by atomic mass is 32.1. The smallest absolute Gasteiger partial charge is 0.222 e. The monoisotopic (exact) mass is 425 g/mol. The summed E-state index contributed by atoms with van der Waals surface area (Å²) in [6.45, 7) is 3.04. The summed E-state index contributed by atoms with van der Waals surface area (Å²) in [6, 6.07) is 8.21. The molecule has 1 spiro atoms. The fourth-order valence-corrected chi connectivity index (χ4v) is 5.99. The molecule has 1 unspecified atom stereocenters. The molecule has 2 fully saturated rings. The zero-order valence-electron chi connectivity index (χ0n) is 17.3. The third-order valence-corrected chi connectivity index (χ3v) is 7.76. The van der Waals surface area contributed by atoms with Crippen LogP contribution in [0.4, 0.5) is 0 Å². The topological polar surface area (TPSA) is 73.1 Å². The summed E-state index contributed by atoms with van der Waals surface area (Å²) in [5.41, 5.74) is 1.11. The van der Waals surface area contributed by atoms with Crippen LogP contribution in [0.5, 0.6) is 0 Å². The number of hydrogen-bond acceptors (Lipinski definition) is 6. The molecular weight excluding hydrogens is 398 g/mol. The molecule has 2 saturated heterocycles. The molecule has 1 atom stereocenters. The molecule has 5 rings (SSSR count). The first-order valence-corrected chi connectivity index (χ1v) is 11.5. The summed E-state index contributed by atoms with van der Waals surface area (Å²) < 4.78 is 8.85. The largest absolute Gasteiger partial charge is 0.381 e. The van der Waals surface area contributed by atoms with Crippen molar-refractivity contribution < 1.29 is 9.53 Å². The maximum Gasteiger partial charge on any atom is 0.222 e. The number of hydrogen-bond donors (Lipinski definition) is 0. The maximum absolute atomic E-state index is 13.1. The first kappa shape index (κ1) is 19.6. The fourth-order valence-electron chi connectivity index (χ4n) is 4.98. The molecule has 0 bridgehead atoms. The Morgan fingerprint density at radius 1 is 1.30 bits per heavy atom. The van der Waals surface area contributed by atoms with Crippen molar-refractivity contribution in [2.24, 2.45) is 12.5 Å². The van der Waals surface area contributed by atoms with E-state index < -0.39 is 0 Å². The van der Waals surface area contributed by atoms with Gasteiger partial charge < -0.3 is 14.2 Å². The Balaban J connectivity index is 1.24. The van der Waals surface area contributed by atoms with E-state index in [0.29, 0.717) is 6.42 Å². The van der Waals surface area contributed by atoms with E-state index in [9.17, 15) is 4.79 Å². The number of thiazole rings is 1. The van der Waals surface area contributed by atoms with Crippen LogP contribution in [0, 0.1) is 5.41 Å². The van der Waals surface area contributed by atoms with Crippen LogP contribution in [0.2, 0.25) is 0 Å².